The first kappa shape index (κ1) is 15.9. The second-order valence-electron chi connectivity index (χ2n) is 5.63. The molecule has 2 heteroatoms. The van der Waals surface area contributed by atoms with Gasteiger partial charge in [-0.25, -0.2) is 0 Å². The molecule has 0 radical (unpaired) electrons. The van der Waals surface area contributed by atoms with Crippen LogP contribution in [0.3, 0.4) is 0 Å². The predicted octanol–water partition coefficient (Wildman–Crippen LogP) is 3.13. The van der Waals surface area contributed by atoms with Gasteiger partial charge in [-0.2, -0.15) is 0 Å². The van der Waals surface area contributed by atoms with Crippen molar-refractivity contribution >= 4 is 0 Å². The summed E-state index contributed by atoms with van der Waals surface area (Å²) in [6, 6.07) is 1.83. The molecule has 0 amide bonds. The lowest BCUT2D eigenvalue weighted by atomic mass is 10.0. The summed E-state index contributed by atoms with van der Waals surface area (Å²) in [5, 5.41) is 3.58. The molecule has 1 N–H and O–H groups in total. The van der Waals surface area contributed by atoms with Crippen LogP contribution in [-0.4, -0.2) is 36.6 Å². The summed E-state index contributed by atoms with van der Waals surface area (Å²) in [7, 11) is 2.25. The molecule has 0 aliphatic heterocycles. The quantitative estimate of drug-likeness (QED) is 0.686. The van der Waals surface area contributed by atoms with Gasteiger partial charge in [0.25, 0.3) is 0 Å². The molecule has 0 aromatic carbocycles. The van der Waals surface area contributed by atoms with Gasteiger partial charge in [-0.15, -0.1) is 0 Å². The Bertz CT molecular complexity index is 168. The van der Waals surface area contributed by atoms with Gasteiger partial charge in [-0.3, -0.25) is 4.90 Å². The summed E-state index contributed by atoms with van der Waals surface area (Å²) in [6.07, 6.45) is 2.49. The minimum atomic E-state index is 0.569. The van der Waals surface area contributed by atoms with Crippen molar-refractivity contribution in [1.29, 1.82) is 0 Å². The fraction of sp³-hybridized carbons (Fsp3) is 1.00. The number of hydrogen-bond donors (Lipinski definition) is 1. The summed E-state index contributed by atoms with van der Waals surface area (Å²) in [5.41, 5.74) is 0. The van der Waals surface area contributed by atoms with Crippen molar-refractivity contribution in [2.45, 2.75) is 72.5 Å². The van der Waals surface area contributed by atoms with Crippen LogP contribution in [0.5, 0.6) is 0 Å². The van der Waals surface area contributed by atoms with Gasteiger partial charge in [-0.1, -0.05) is 20.8 Å². The Kier molecular flexibility index (Phi) is 8.04. The molecule has 0 rings (SSSR count). The minimum absolute atomic E-state index is 0.569. The fourth-order valence-electron chi connectivity index (χ4n) is 2.15. The van der Waals surface area contributed by atoms with Gasteiger partial charge in [0.15, 0.2) is 0 Å². The van der Waals surface area contributed by atoms with Crippen LogP contribution < -0.4 is 5.32 Å². The summed E-state index contributed by atoms with van der Waals surface area (Å²) in [6.45, 7) is 14.9. The molecule has 0 aliphatic rings. The van der Waals surface area contributed by atoms with Gasteiger partial charge in [0.2, 0.25) is 0 Å². The maximum Gasteiger partial charge on any atom is 0.0218 e. The van der Waals surface area contributed by atoms with Crippen molar-refractivity contribution < 1.29 is 0 Å². The molecule has 0 fully saturated rings. The van der Waals surface area contributed by atoms with Crippen LogP contribution >= 0.6 is 0 Å². The lowest BCUT2D eigenvalue weighted by Crippen LogP contribution is -2.48. The van der Waals surface area contributed by atoms with Crippen molar-refractivity contribution in [2.75, 3.05) is 13.6 Å². The van der Waals surface area contributed by atoms with E-state index in [1.165, 1.54) is 12.8 Å². The molecule has 0 heterocycles. The van der Waals surface area contributed by atoms with Crippen LogP contribution in [0.25, 0.3) is 0 Å². The zero-order valence-corrected chi connectivity index (χ0v) is 12.4. The summed E-state index contributed by atoms with van der Waals surface area (Å²) in [5.74, 6) is 0.781. The van der Waals surface area contributed by atoms with Gasteiger partial charge in [0, 0.05) is 18.1 Å². The zero-order valence-electron chi connectivity index (χ0n) is 12.4. The first-order valence-electron chi connectivity index (χ1n) is 6.85. The van der Waals surface area contributed by atoms with Crippen molar-refractivity contribution in [3.05, 3.63) is 0 Å². The zero-order chi connectivity index (χ0) is 12.7. The van der Waals surface area contributed by atoms with Crippen LogP contribution in [0.1, 0.15) is 54.4 Å². The van der Waals surface area contributed by atoms with Gasteiger partial charge in [0.05, 0.1) is 0 Å². The van der Waals surface area contributed by atoms with Crippen LogP contribution in [0.2, 0.25) is 0 Å². The van der Waals surface area contributed by atoms with E-state index in [-0.39, 0.29) is 0 Å². The van der Waals surface area contributed by atoms with Crippen molar-refractivity contribution in [3.8, 4) is 0 Å². The molecule has 0 saturated carbocycles. The molecule has 0 aromatic heterocycles. The highest BCUT2D eigenvalue weighted by molar-refractivity contribution is 4.79. The van der Waals surface area contributed by atoms with Crippen molar-refractivity contribution in [2.24, 2.45) is 5.92 Å². The maximum atomic E-state index is 3.58. The van der Waals surface area contributed by atoms with E-state index in [1.807, 2.05) is 0 Å². The third-order valence-electron chi connectivity index (χ3n) is 3.59. The first-order chi connectivity index (χ1) is 7.40. The van der Waals surface area contributed by atoms with Gasteiger partial charge >= 0.3 is 0 Å². The monoisotopic (exact) mass is 228 g/mol. The predicted molar refractivity (Wildman–Crippen MR) is 73.9 cm³/mol. The lowest BCUT2D eigenvalue weighted by molar-refractivity contribution is 0.148. The Hall–Kier alpha value is -0.0800. The third kappa shape index (κ3) is 5.86. The van der Waals surface area contributed by atoms with Crippen LogP contribution in [0, 0.1) is 5.92 Å². The van der Waals surface area contributed by atoms with E-state index in [0.717, 1.165) is 12.5 Å². The molecule has 0 saturated heterocycles. The molecule has 0 aromatic rings. The largest absolute Gasteiger partial charge is 0.313 e. The molecule has 3 atom stereocenters. The van der Waals surface area contributed by atoms with E-state index in [1.54, 1.807) is 0 Å². The van der Waals surface area contributed by atoms with E-state index in [2.05, 4.69) is 58.8 Å². The van der Waals surface area contributed by atoms with Crippen molar-refractivity contribution in [3.63, 3.8) is 0 Å². The Morgan fingerprint density at radius 1 is 1.06 bits per heavy atom. The average Bonchev–Trinajstić information content (AvgIpc) is 2.22. The Labute approximate surface area is 103 Å². The first-order valence-corrected chi connectivity index (χ1v) is 6.85. The summed E-state index contributed by atoms with van der Waals surface area (Å²) < 4.78 is 0. The Morgan fingerprint density at radius 2 is 1.62 bits per heavy atom. The minimum Gasteiger partial charge on any atom is -0.313 e. The Morgan fingerprint density at radius 3 is 2.06 bits per heavy atom. The molecule has 2 nitrogen and oxygen atoms in total. The van der Waals surface area contributed by atoms with Gasteiger partial charge in [-0.05, 0) is 53.1 Å². The van der Waals surface area contributed by atoms with Gasteiger partial charge < -0.3 is 5.32 Å². The van der Waals surface area contributed by atoms with Gasteiger partial charge in [0.1, 0.15) is 0 Å². The number of hydrogen-bond acceptors (Lipinski definition) is 2. The third-order valence-corrected chi connectivity index (χ3v) is 3.59. The normalized spacial score (nSPS) is 17.8. The molecule has 98 valence electrons. The number of nitrogens with one attached hydrogen (secondary N) is 1. The van der Waals surface area contributed by atoms with Crippen LogP contribution in [-0.2, 0) is 0 Å². The highest BCUT2D eigenvalue weighted by atomic mass is 15.2. The SMILES string of the molecule is CCCNC(C)C(C)N(C)C(C)CC(C)C. The fourth-order valence-corrected chi connectivity index (χ4v) is 2.15. The van der Waals surface area contributed by atoms with Crippen LogP contribution in [0.4, 0.5) is 0 Å². The topological polar surface area (TPSA) is 15.3 Å². The number of nitrogens with zero attached hydrogens (tertiary/aromatic N) is 1. The summed E-state index contributed by atoms with van der Waals surface area (Å²) in [4.78, 5) is 2.51. The molecular formula is C14H32N2. The Balaban J connectivity index is 4.08. The van der Waals surface area contributed by atoms with E-state index in [4.69, 9.17) is 0 Å². The molecule has 3 unspecified atom stereocenters. The molecule has 0 aliphatic carbocycles. The average molecular weight is 228 g/mol. The number of likely N-dealkylation sites (N-methyl/N-ethyl adjacent to an activating group) is 1. The lowest BCUT2D eigenvalue weighted by Gasteiger charge is -2.35. The van der Waals surface area contributed by atoms with Crippen molar-refractivity contribution in [1.82, 2.24) is 10.2 Å². The number of rotatable bonds is 8. The standard InChI is InChI=1S/C14H32N2/c1-8-9-15-13(5)14(6)16(7)12(4)10-11(2)3/h11-15H,8-10H2,1-7H3. The van der Waals surface area contributed by atoms with E-state index in [9.17, 15) is 0 Å². The smallest absolute Gasteiger partial charge is 0.0218 e. The molecular weight excluding hydrogens is 196 g/mol. The second kappa shape index (κ2) is 8.08. The molecule has 0 spiro atoms. The highest BCUT2D eigenvalue weighted by Gasteiger charge is 2.20. The van der Waals surface area contributed by atoms with E-state index in [0.29, 0.717) is 18.1 Å². The van der Waals surface area contributed by atoms with E-state index >= 15 is 0 Å². The van der Waals surface area contributed by atoms with Crippen LogP contribution in [0.15, 0.2) is 0 Å². The highest BCUT2D eigenvalue weighted by Crippen LogP contribution is 2.13. The summed E-state index contributed by atoms with van der Waals surface area (Å²) >= 11 is 0. The molecule has 16 heavy (non-hydrogen) atoms. The second-order valence-corrected chi connectivity index (χ2v) is 5.63. The van der Waals surface area contributed by atoms with E-state index < -0.39 is 0 Å². The molecule has 0 bridgehead atoms. The maximum absolute atomic E-state index is 3.58.